The Morgan fingerprint density at radius 1 is 1.50 bits per heavy atom. The van der Waals surface area contributed by atoms with Crippen LogP contribution in [-0.2, 0) is 9.36 Å². The topological polar surface area (TPSA) is 74.6 Å². The van der Waals surface area contributed by atoms with E-state index >= 15 is 0 Å². The molecule has 5 heteroatoms. The van der Waals surface area contributed by atoms with Crippen molar-refractivity contribution in [1.82, 2.24) is 0 Å². The fraction of sp³-hybridized carbons (Fsp3) is 0. The molecule has 0 aromatic heterocycles. The normalized spacial score (nSPS) is 11.0. The van der Waals surface area contributed by atoms with E-state index in [0.717, 1.165) is 0 Å². The second kappa shape index (κ2) is 1.51. The van der Waals surface area contributed by atoms with E-state index < -0.39 is 7.60 Å². The van der Waals surface area contributed by atoms with Gasteiger partial charge in [0.15, 0.2) is 0 Å². The first-order valence-corrected chi connectivity index (χ1v) is 2.62. The summed E-state index contributed by atoms with van der Waals surface area (Å²) in [6, 6.07) is 0.521. The van der Waals surface area contributed by atoms with E-state index in [9.17, 15) is 4.57 Å². The molecule has 0 aliphatic heterocycles. The van der Waals surface area contributed by atoms with Crippen molar-refractivity contribution < 1.29 is 19.1 Å². The Balaban J connectivity index is 3.81. The molecule has 0 aliphatic carbocycles. The van der Waals surface area contributed by atoms with Crippen molar-refractivity contribution in [2.45, 2.75) is 0 Å². The third-order valence-corrected chi connectivity index (χ3v) is 0.357. The lowest BCUT2D eigenvalue weighted by Gasteiger charge is -1.81. The van der Waals surface area contributed by atoms with E-state index in [1.165, 1.54) is 0 Å². The van der Waals surface area contributed by atoms with Gasteiger partial charge in [0, 0.05) is 0 Å². The number of hydrogen-bond acceptors (Lipinski definition) is 2. The maximum Gasteiger partial charge on any atom is 0.400 e. The van der Waals surface area contributed by atoms with Gasteiger partial charge >= 0.3 is 13.6 Å². The number of hydrogen-bond donors (Lipinski definition) is 2. The first-order valence-electron chi connectivity index (χ1n) is 1.01. The van der Waals surface area contributed by atoms with Crippen LogP contribution in [0.2, 0.25) is 0 Å². The summed E-state index contributed by atoms with van der Waals surface area (Å²) in [6.45, 7) is 0. The molecule has 4 nitrogen and oxygen atoms in total. The lowest BCUT2D eigenvalue weighted by atomic mass is 11.8. The number of carbonyl (C=O) groups excluding carboxylic acids is 1. The molecule has 0 aliphatic rings. The van der Waals surface area contributed by atoms with E-state index in [0.29, 0.717) is 6.03 Å². The molecule has 0 unspecified atom stereocenters. The average molecular weight is 109 g/mol. The fourth-order valence-corrected chi connectivity index (χ4v) is 0. The van der Waals surface area contributed by atoms with Crippen molar-refractivity contribution in [2.75, 3.05) is 0 Å². The van der Waals surface area contributed by atoms with Crippen LogP contribution >= 0.6 is 7.60 Å². The first-order chi connectivity index (χ1) is 2.56. The largest absolute Gasteiger partial charge is 0.400 e. The molecular formula is CH2O4P. The van der Waals surface area contributed by atoms with Gasteiger partial charge in [-0.2, -0.15) is 0 Å². The molecule has 0 spiro atoms. The van der Waals surface area contributed by atoms with Crippen molar-refractivity contribution in [2.24, 2.45) is 0 Å². The SMILES string of the molecule is O=[C]P(=O)(O)O. The molecule has 0 amide bonds. The highest BCUT2D eigenvalue weighted by molar-refractivity contribution is 7.67. The van der Waals surface area contributed by atoms with Gasteiger partial charge in [-0.3, -0.25) is 9.36 Å². The van der Waals surface area contributed by atoms with Gasteiger partial charge in [0.25, 0.3) is 0 Å². The molecule has 0 heterocycles. The molecule has 0 bridgehead atoms. The predicted molar refractivity (Wildman–Crippen MR) is 17.7 cm³/mol. The van der Waals surface area contributed by atoms with Gasteiger partial charge in [0.2, 0.25) is 0 Å². The van der Waals surface area contributed by atoms with Crippen LogP contribution in [0.3, 0.4) is 0 Å². The van der Waals surface area contributed by atoms with Crippen LogP contribution in [0.5, 0.6) is 0 Å². The third kappa shape index (κ3) is 3.82. The number of rotatable bonds is 1. The molecule has 0 atom stereocenters. The van der Waals surface area contributed by atoms with Gasteiger partial charge in [0.05, 0.1) is 0 Å². The Labute approximate surface area is 34.0 Å². The van der Waals surface area contributed by atoms with Gasteiger partial charge < -0.3 is 9.79 Å². The summed E-state index contributed by atoms with van der Waals surface area (Å²) in [5, 5.41) is 0. The van der Waals surface area contributed by atoms with Crippen molar-refractivity contribution in [3.8, 4) is 0 Å². The summed E-state index contributed by atoms with van der Waals surface area (Å²) in [7, 11) is -4.45. The summed E-state index contributed by atoms with van der Waals surface area (Å²) in [4.78, 5) is 24.0. The highest BCUT2D eigenvalue weighted by Gasteiger charge is 2.09. The molecule has 0 fully saturated rings. The minimum Gasteiger partial charge on any atom is -0.319 e. The van der Waals surface area contributed by atoms with E-state index in [1.807, 2.05) is 0 Å². The highest BCUT2D eigenvalue weighted by Crippen LogP contribution is 2.28. The van der Waals surface area contributed by atoms with Gasteiger partial charge in [-0.05, 0) is 0 Å². The summed E-state index contributed by atoms with van der Waals surface area (Å²) < 4.78 is 9.27. The third-order valence-electron chi connectivity index (χ3n) is 0.119. The Kier molecular flexibility index (Phi) is 1.47. The smallest absolute Gasteiger partial charge is 0.319 e. The molecule has 1 radical (unpaired) electrons. The lowest BCUT2D eigenvalue weighted by Crippen LogP contribution is -1.72. The zero-order valence-corrected chi connectivity index (χ0v) is 3.55. The van der Waals surface area contributed by atoms with Crippen molar-refractivity contribution >= 4 is 13.6 Å². The molecule has 6 heavy (non-hydrogen) atoms. The summed E-state index contributed by atoms with van der Waals surface area (Å²) in [5.41, 5.74) is 0. The van der Waals surface area contributed by atoms with Gasteiger partial charge in [-0.25, -0.2) is 0 Å². The second-order valence-electron chi connectivity index (χ2n) is 0.635. The first kappa shape index (κ1) is 5.82. The predicted octanol–water partition coefficient (Wildman–Crippen LogP) is -0.769. The molecule has 35 valence electrons. The monoisotopic (exact) mass is 109 g/mol. The minimum absolute atomic E-state index is 0.521. The van der Waals surface area contributed by atoms with Crippen LogP contribution in [0.4, 0.5) is 0 Å². The van der Waals surface area contributed by atoms with Crippen molar-refractivity contribution in [3.63, 3.8) is 0 Å². The van der Waals surface area contributed by atoms with Gasteiger partial charge in [-0.15, -0.1) is 0 Å². The second-order valence-corrected chi connectivity index (χ2v) is 1.91. The van der Waals surface area contributed by atoms with E-state index in [4.69, 9.17) is 14.6 Å². The summed E-state index contributed by atoms with van der Waals surface area (Å²) in [6.07, 6.45) is 0. The quantitative estimate of drug-likeness (QED) is 0.433. The molecule has 0 saturated heterocycles. The maximum absolute atomic E-state index is 9.27. The molecule has 0 aromatic rings. The van der Waals surface area contributed by atoms with E-state index in [1.54, 1.807) is 0 Å². The van der Waals surface area contributed by atoms with Crippen LogP contribution < -0.4 is 0 Å². The Morgan fingerprint density at radius 3 is 1.67 bits per heavy atom. The zero-order chi connectivity index (χ0) is 5.21. The molecule has 0 saturated carbocycles. The standard InChI is InChI=1S/CH2O4P/c2-1-6(3,4)5/h(H2,3,4,5). The Hall–Kier alpha value is -0.180. The van der Waals surface area contributed by atoms with Crippen LogP contribution in [0, 0.1) is 0 Å². The summed E-state index contributed by atoms with van der Waals surface area (Å²) >= 11 is 0. The fourth-order valence-electron chi connectivity index (χ4n) is 0. The van der Waals surface area contributed by atoms with Crippen molar-refractivity contribution in [3.05, 3.63) is 0 Å². The van der Waals surface area contributed by atoms with E-state index in [-0.39, 0.29) is 0 Å². The Morgan fingerprint density at radius 2 is 1.67 bits per heavy atom. The van der Waals surface area contributed by atoms with Crippen LogP contribution in [-0.4, -0.2) is 15.8 Å². The van der Waals surface area contributed by atoms with Crippen LogP contribution in [0.25, 0.3) is 0 Å². The lowest BCUT2D eigenvalue weighted by molar-refractivity contribution is 0.385. The molecular weight excluding hydrogens is 107 g/mol. The molecule has 0 aromatic carbocycles. The zero-order valence-electron chi connectivity index (χ0n) is 2.66. The Bertz CT molecular complexity index is 89.7. The van der Waals surface area contributed by atoms with Crippen LogP contribution in [0.15, 0.2) is 0 Å². The maximum atomic E-state index is 9.27. The highest BCUT2D eigenvalue weighted by atomic mass is 31.2. The van der Waals surface area contributed by atoms with Crippen LogP contribution in [0.1, 0.15) is 0 Å². The van der Waals surface area contributed by atoms with Gasteiger partial charge in [0.1, 0.15) is 0 Å². The van der Waals surface area contributed by atoms with Crippen molar-refractivity contribution in [1.29, 1.82) is 0 Å². The summed E-state index contributed by atoms with van der Waals surface area (Å²) in [5.74, 6) is 0. The van der Waals surface area contributed by atoms with E-state index in [2.05, 4.69) is 0 Å². The molecule has 2 N–H and O–H groups in total. The average Bonchev–Trinajstić information content (AvgIpc) is 1.35. The minimum atomic E-state index is -4.45. The molecule has 0 rings (SSSR count). The van der Waals surface area contributed by atoms with Gasteiger partial charge in [-0.1, -0.05) is 0 Å².